The van der Waals surface area contributed by atoms with Gasteiger partial charge in [0.1, 0.15) is 17.1 Å². The number of amides is 1. The molecule has 1 aliphatic rings. The molecule has 2 N–H and O–H groups in total. The summed E-state index contributed by atoms with van der Waals surface area (Å²) in [5, 5.41) is 13.4. The van der Waals surface area contributed by atoms with Crippen LogP contribution < -0.4 is 21.3 Å². The van der Waals surface area contributed by atoms with Gasteiger partial charge in [0.25, 0.3) is 11.5 Å². The highest BCUT2D eigenvalue weighted by atomic mass is 35.5. The first-order valence-electron chi connectivity index (χ1n) is 14.3. The lowest BCUT2D eigenvalue weighted by Crippen LogP contribution is -2.42. The van der Waals surface area contributed by atoms with E-state index in [1.807, 2.05) is 6.92 Å². The molecule has 0 unspecified atom stereocenters. The average molecular weight is 656 g/mol. The second-order valence-electron chi connectivity index (χ2n) is 11.5. The summed E-state index contributed by atoms with van der Waals surface area (Å²) < 4.78 is 23.2. The Bertz CT molecular complexity index is 1910. The predicted molar refractivity (Wildman–Crippen MR) is 174 cm³/mol. The molecular weight excluding hydrogens is 622 g/mol. The van der Waals surface area contributed by atoms with Crippen molar-refractivity contribution in [3.05, 3.63) is 103 Å². The molecule has 5 rings (SSSR count). The van der Waals surface area contributed by atoms with Gasteiger partial charge in [0, 0.05) is 62.2 Å². The number of nitrogens with one attached hydrogen (secondary N) is 1. The average Bonchev–Trinajstić information content (AvgIpc) is 3.01. The molecule has 1 fully saturated rings. The van der Waals surface area contributed by atoms with Crippen LogP contribution in [0.3, 0.4) is 0 Å². The number of carbonyl (C=O) groups is 1. The van der Waals surface area contributed by atoms with E-state index in [2.05, 4.69) is 10.2 Å². The minimum absolute atomic E-state index is 0.172. The number of halogens is 3. The molecule has 4 aromatic rings. The SMILES string of the molecule is COc1cc(-c2cccc(-c3cccc(NC(=O)c4cn(C)c(=O)n(C)c4=O)c3Cl)c2Cl)cc(F)c1CN1CCC(C)(O)CC1. The van der Waals surface area contributed by atoms with Crippen LogP contribution in [0.5, 0.6) is 5.75 Å². The first kappa shape index (κ1) is 32.4. The third-order valence-electron chi connectivity index (χ3n) is 8.23. The molecule has 0 spiro atoms. The highest BCUT2D eigenvalue weighted by Crippen LogP contribution is 2.42. The van der Waals surface area contributed by atoms with Crippen LogP contribution in [0, 0.1) is 5.82 Å². The standard InChI is InChI=1S/C33H33Cl2FN4O5/c1-33(44)11-13-40(14-12-33)18-23-25(36)15-19(16-27(23)45-4)20-7-5-8-21(28(20)34)22-9-6-10-26(29(22)35)37-30(41)24-17-38(2)32(43)39(3)31(24)42/h5-10,15-17,44H,11-14,18H2,1-4H3,(H,37,41). The van der Waals surface area contributed by atoms with Crippen LogP contribution in [0.2, 0.25) is 10.0 Å². The van der Waals surface area contributed by atoms with Crippen molar-refractivity contribution in [2.24, 2.45) is 14.1 Å². The highest BCUT2D eigenvalue weighted by molar-refractivity contribution is 6.39. The second kappa shape index (κ2) is 12.8. The van der Waals surface area contributed by atoms with E-state index in [1.165, 1.54) is 33.5 Å². The van der Waals surface area contributed by atoms with E-state index in [9.17, 15) is 19.5 Å². The van der Waals surface area contributed by atoms with Gasteiger partial charge < -0.3 is 19.7 Å². The molecule has 2 heterocycles. The van der Waals surface area contributed by atoms with Crippen LogP contribution in [0.15, 0.2) is 64.3 Å². The minimum Gasteiger partial charge on any atom is -0.496 e. The molecule has 1 aromatic heterocycles. The van der Waals surface area contributed by atoms with E-state index in [0.717, 1.165) is 9.13 Å². The van der Waals surface area contributed by atoms with E-state index < -0.39 is 28.6 Å². The maximum absolute atomic E-state index is 15.6. The fourth-order valence-electron chi connectivity index (χ4n) is 5.47. The van der Waals surface area contributed by atoms with Crippen molar-refractivity contribution in [3.8, 4) is 28.0 Å². The number of rotatable bonds is 7. The van der Waals surface area contributed by atoms with Gasteiger partial charge in [-0.15, -0.1) is 0 Å². The molecule has 0 bridgehead atoms. The van der Waals surface area contributed by atoms with Gasteiger partial charge in [-0.2, -0.15) is 0 Å². The lowest BCUT2D eigenvalue weighted by Gasteiger charge is -2.36. The Kier molecular flexibility index (Phi) is 9.23. The Morgan fingerprint density at radius 1 is 1.02 bits per heavy atom. The van der Waals surface area contributed by atoms with Crippen molar-refractivity contribution in [3.63, 3.8) is 0 Å². The number of aromatic nitrogens is 2. The number of benzene rings is 3. The topological polar surface area (TPSA) is 106 Å². The van der Waals surface area contributed by atoms with Crippen LogP contribution in [-0.2, 0) is 20.6 Å². The molecule has 0 atom stereocenters. The molecule has 45 heavy (non-hydrogen) atoms. The summed E-state index contributed by atoms with van der Waals surface area (Å²) in [6, 6.07) is 13.4. The fraction of sp³-hybridized carbons (Fsp3) is 0.303. The van der Waals surface area contributed by atoms with Crippen LogP contribution in [0.4, 0.5) is 10.1 Å². The molecule has 1 aliphatic heterocycles. The zero-order valence-corrected chi connectivity index (χ0v) is 26.8. The zero-order chi connectivity index (χ0) is 32.6. The number of anilines is 1. The van der Waals surface area contributed by atoms with Crippen molar-refractivity contribution in [2.75, 3.05) is 25.5 Å². The van der Waals surface area contributed by atoms with Crippen molar-refractivity contribution in [1.29, 1.82) is 0 Å². The van der Waals surface area contributed by atoms with Gasteiger partial charge in [-0.05, 0) is 43.5 Å². The lowest BCUT2D eigenvalue weighted by molar-refractivity contribution is -0.00762. The Morgan fingerprint density at radius 3 is 2.31 bits per heavy atom. The summed E-state index contributed by atoms with van der Waals surface area (Å²) in [5.74, 6) is -0.783. The molecule has 1 saturated heterocycles. The number of nitrogens with zero attached hydrogens (tertiary/aromatic N) is 3. The van der Waals surface area contributed by atoms with Gasteiger partial charge in [-0.25, -0.2) is 9.18 Å². The molecule has 9 nitrogen and oxygen atoms in total. The lowest BCUT2D eigenvalue weighted by atomic mass is 9.93. The molecule has 0 aliphatic carbocycles. The number of aliphatic hydroxyl groups is 1. The van der Waals surface area contributed by atoms with E-state index in [-0.39, 0.29) is 16.3 Å². The maximum Gasteiger partial charge on any atom is 0.330 e. The molecule has 236 valence electrons. The molecule has 12 heteroatoms. The summed E-state index contributed by atoms with van der Waals surface area (Å²) >= 11 is 13.7. The Balaban J connectivity index is 1.46. The molecule has 1 amide bonds. The first-order chi connectivity index (χ1) is 21.3. The van der Waals surface area contributed by atoms with Gasteiger partial charge >= 0.3 is 5.69 Å². The zero-order valence-electron chi connectivity index (χ0n) is 25.3. The van der Waals surface area contributed by atoms with E-state index >= 15 is 4.39 Å². The van der Waals surface area contributed by atoms with Gasteiger partial charge in [0.15, 0.2) is 0 Å². The molecule has 0 saturated carbocycles. The van der Waals surface area contributed by atoms with Gasteiger partial charge in [-0.3, -0.25) is 19.1 Å². The van der Waals surface area contributed by atoms with Gasteiger partial charge in [-0.1, -0.05) is 53.5 Å². The molecular formula is C33H33Cl2FN4O5. The van der Waals surface area contributed by atoms with E-state index in [0.29, 0.717) is 71.1 Å². The van der Waals surface area contributed by atoms with Crippen molar-refractivity contribution in [1.82, 2.24) is 14.0 Å². The first-order valence-corrected chi connectivity index (χ1v) is 15.0. The quantitative estimate of drug-likeness (QED) is 0.274. The minimum atomic E-state index is -0.739. The monoisotopic (exact) mass is 654 g/mol. The number of ether oxygens (including phenoxy) is 1. The largest absolute Gasteiger partial charge is 0.496 e. The molecule has 0 radical (unpaired) electrons. The summed E-state index contributed by atoms with van der Waals surface area (Å²) in [7, 11) is 4.22. The maximum atomic E-state index is 15.6. The second-order valence-corrected chi connectivity index (χ2v) is 12.3. The molecule has 3 aromatic carbocycles. The number of hydrogen-bond donors (Lipinski definition) is 2. The normalized spacial score (nSPS) is 14.8. The third-order valence-corrected chi connectivity index (χ3v) is 9.04. The van der Waals surface area contributed by atoms with Crippen molar-refractivity contribution in [2.45, 2.75) is 31.9 Å². The summed E-state index contributed by atoms with van der Waals surface area (Å²) in [4.78, 5) is 39.7. The summed E-state index contributed by atoms with van der Waals surface area (Å²) in [6.07, 6.45) is 2.39. The third kappa shape index (κ3) is 6.55. The number of likely N-dealkylation sites (tertiary alicyclic amines) is 1. The number of methoxy groups -OCH3 is 1. The predicted octanol–water partition coefficient (Wildman–Crippen LogP) is 5.47. The number of carbonyl (C=O) groups excluding carboxylic acids is 1. The summed E-state index contributed by atoms with van der Waals surface area (Å²) in [5.41, 5.74) is 0.512. The Hall–Kier alpha value is -3.96. The van der Waals surface area contributed by atoms with Crippen LogP contribution >= 0.6 is 23.2 Å². The number of piperidine rings is 1. The van der Waals surface area contributed by atoms with Gasteiger partial charge in [0.05, 0.1) is 28.4 Å². The number of hydrogen-bond acceptors (Lipinski definition) is 6. The van der Waals surface area contributed by atoms with Gasteiger partial charge in [0.2, 0.25) is 0 Å². The number of aryl methyl sites for hydroxylation is 1. The Labute approximate surface area is 269 Å². The van der Waals surface area contributed by atoms with E-state index in [4.69, 9.17) is 27.9 Å². The Morgan fingerprint density at radius 2 is 1.64 bits per heavy atom. The van der Waals surface area contributed by atoms with Crippen molar-refractivity contribution >= 4 is 34.8 Å². The van der Waals surface area contributed by atoms with Crippen LogP contribution in [0.25, 0.3) is 22.3 Å². The van der Waals surface area contributed by atoms with E-state index in [1.54, 1.807) is 42.5 Å². The fourth-order valence-corrected chi connectivity index (χ4v) is 6.08. The smallest absolute Gasteiger partial charge is 0.330 e. The summed E-state index contributed by atoms with van der Waals surface area (Å²) in [6.45, 7) is 3.45. The van der Waals surface area contributed by atoms with Crippen LogP contribution in [-0.4, -0.2) is 50.8 Å². The van der Waals surface area contributed by atoms with Crippen LogP contribution in [0.1, 0.15) is 35.7 Å². The van der Waals surface area contributed by atoms with Crippen molar-refractivity contribution < 1.29 is 19.0 Å². The highest BCUT2D eigenvalue weighted by Gasteiger charge is 2.28.